The van der Waals surface area contributed by atoms with Crippen molar-refractivity contribution >= 4 is 5.97 Å². The maximum Gasteiger partial charge on any atom is 0.364 e. The molecule has 2 N–H and O–H groups in total. The van der Waals surface area contributed by atoms with Gasteiger partial charge in [-0.25, -0.2) is 4.79 Å². The Morgan fingerprint density at radius 3 is 2.33 bits per heavy atom. The van der Waals surface area contributed by atoms with Gasteiger partial charge in [0.15, 0.2) is 0 Å². The molecule has 9 heavy (non-hydrogen) atoms. The Hall–Kier alpha value is -0.900. The van der Waals surface area contributed by atoms with E-state index in [0.717, 1.165) is 0 Å². The molecule has 0 bridgehead atoms. The Morgan fingerprint density at radius 1 is 1.78 bits per heavy atom. The van der Waals surface area contributed by atoms with Gasteiger partial charge in [-0.3, -0.25) is 0 Å². The maximum atomic E-state index is 11.9. The van der Waals surface area contributed by atoms with Crippen LogP contribution < -0.4 is 0 Å². The van der Waals surface area contributed by atoms with Crippen molar-refractivity contribution in [1.82, 2.24) is 0 Å². The molecule has 0 radical (unpaired) electrons. The molecule has 52 valence electrons. The Balaban J connectivity index is 4.00. The van der Waals surface area contributed by atoms with E-state index in [4.69, 9.17) is 10.2 Å². The van der Waals surface area contributed by atoms with Gasteiger partial charge in [0.05, 0.1) is 6.10 Å². The second-order valence-corrected chi connectivity index (χ2v) is 1.56. The summed E-state index contributed by atoms with van der Waals surface area (Å²) in [6, 6.07) is 0. The highest BCUT2D eigenvalue weighted by atomic mass is 19.1. The zero-order valence-electron chi connectivity index (χ0n) is 4.84. The van der Waals surface area contributed by atoms with E-state index in [1.165, 1.54) is 6.92 Å². The van der Waals surface area contributed by atoms with Gasteiger partial charge in [0, 0.05) is 0 Å². The van der Waals surface area contributed by atoms with Gasteiger partial charge < -0.3 is 10.2 Å². The topological polar surface area (TPSA) is 57.5 Å². The Bertz CT molecular complexity index is 139. The lowest BCUT2D eigenvalue weighted by molar-refractivity contribution is -0.134. The number of rotatable bonds is 2. The molecule has 0 spiro atoms. The van der Waals surface area contributed by atoms with Gasteiger partial charge in [0.1, 0.15) is 0 Å². The minimum Gasteiger partial charge on any atom is -0.476 e. The molecule has 0 aromatic rings. The standard InChI is InChI=1S/C5H7FO3/c1-3(7)2-4(6)5(8)9/h2-3,7H,1H3,(H,8,9). The highest BCUT2D eigenvalue weighted by Gasteiger charge is 2.04. The van der Waals surface area contributed by atoms with Crippen molar-refractivity contribution in [2.45, 2.75) is 13.0 Å². The molecular formula is C5H7FO3. The normalized spacial score (nSPS) is 15.2. The van der Waals surface area contributed by atoms with Crippen molar-refractivity contribution in [3.05, 3.63) is 11.9 Å². The van der Waals surface area contributed by atoms with Crippen LogP contribution in [-0.2, 0) is 4.79 Å². The summed E-state index contributed by atoms with van der Waals surface area (Å²) in [5.74, 6) is -2.99. The summed E-state index contributed by atoms with van der Waals surface area (Å²) in [6.45, 7) is 1.27. The summed E-state index contributed by atoms with van der Waals surface area (Å²) in [4.78, 5) is 9.68. The van der Waals surface area contributed by atoms with E-state index in [0.29, 0.717) is 6.08 Å². The van der Waals surface area contributed by atoms with Crippen LogP contribution in [0.5, 0.6) is 0 Å². The van der Waals surface area contributed by atoms with E-state index in [2.05, 4.69) is 0 Å². The lowest BCUT2D eigenvalue weighted by Crippen LogP contribution is -2.00. The van der Waals surface area contributed by atoms with Crippen LogP contribution in [0, 0.1) is 0 Å². The molecule has 0 fully saturated rings. The predicted molar refractivity (Wildman–Crippen MR) is 28.5 cm³/mol. The average Bonchev–Trinajstić information content (AvgIpc) is 1.63. The van der Waals surface area contributed by atoms with Gasteiger partial charge in [0.2, 0.25) is 5.83 Å². The van der Waals surface area contributed by atoms with Gasteiger partial charge in [-0.15, -0.1) is 0 Å². The maximum absolute atomic E-state index is 11.9. The Kier molecular flexibility index (Phi) is 2.87. The third-order valence-corrected chi connectivity index (χ3v) is 0.592. The number of hydrogen-bond donors (Lipinski definition) is 2. The first-order valence-electron chi connectivity index (χ1n) is 2.32. The number of carbonyl (C=O) groups is 1. The monoisotopic (exact) mass is 134 g/mol. The summed E-state index contributed by atoms with van der Waals surface area (Å²) in [6.07, 6.45) is -0.441. The van der Waals surface area contributed by atoms with Crippen molar-refractivity contribution in [1.29, 1.82) is 0 Å². The predicted octanol–water partition coefficient (Wildman–Crippen LogP) is 0.305. The summed E-state index contributed by atoms with van der Waals surface area (Å²) in [5.41, 5.74) is 0. The molecule has 1 unspecified atom stereocenters. The van der Waals surface area contributed by atoms with Crippen LogP contribution >= 0.6 is 0 Å². The molecule has 4 heteroatoms. The molecule has 0 aliphatic heterocycles. The van der Waals surface area contributed by atoms with Crippen LogP contribution in [0.4, 0.5) is 4.39 Å². The van der Waals surface area contributed by atoms with Crippen LogP contribution in [0.3, 0.4) is 0 Å². The second kappa shape index (κ2) is 3.19. The summed E-state index contributed by atoms with van der Waals surface area (Å²) in [7, 11) is 0. The summed E-state index contributed by atoms with van der Waals surface area (Å²) in [5, 5.41) is 16.3. The van der Waals surface area contributed by atoms with Gasteiger partial charge in [-0.2, -0.15) is 4.39 Å². The van der Waals surface area contributed by atoms with Gasteiger partial charge >= 0.3 is 5.97 Å². The molecular weight excluding hydrogens is 127 g/mol. The molecule has 1 atom stereocenters. The second-order valence-electron chi connectivity index (χ2n) is 1.56. The molecule has 0 saturated heterocycles. The van der Waals surface area contributed by atoms with Crippen LogP contribution in [0.15, 0.2) is 11.9 Å². The van der Waals surface area contributed by atoms with Crippen molar-refractivity contribution in [2.75, 3.05) is 0 Å². The third-order valence-electron chi connectivity index (χ3n) is 0.592. The van der Waals surface area contributed by atoms with Crippen LogP contribution in [-0.4, -0.2) is 22.3 Å². The highest BCUT2D eigenvalue weighted by Crippen LogP contribution is 1.97. The molecule has 0 aliphatic carbocycles. The van der Waals surface area contributed by atoms with E-state index in [-0.39, 0.29) is 0 Å². The fourth-order valence-corrected chi connectivity index (χ4v) is 0.283. The smallest absolute Gasteiger partial charge is 0.364 e. The number of aliphatic carboxylic acids is 1. The van der Waals surface area contributed by atoms with Gasteiger partial charge in [-0.05, 0) is 13.0 Å². The number of carboxylic acid groups (broad SMARTS) is 1. The molecule has 0 saturated carbocycles. The van der Waals surface area contributed by atoms with E-state index in [1.807, 2.05) is 0 Å². The summed E-state index contributed by atoms with van der Waals surface area (Å²) >= 11 is 0. The Labute approximate surface area is 51.4 Å². The molecule has 0 heterocycles. The average molecular weight is 134 g/mol. The van der Waals surface area contributed by atoms with Gasteiger partial charge in [-0.1, -0.05) is 0 Å². The zero-order chi connectivity index (χ0) is 7.44. The van der Waals surface area contributed by atoms with Crippen molar-refractivity contribution in [3.8, 4) is 0 Å². The van der Waals surface area contributed by atoms with Gasteiger partial charge in [0.25, 0.3) is 0 Å². The fraction of sp³-hybridized carbons (Fsp3) is 0.400. The van der Waals surface area contributed by atoms with Crippen molar-refractivity contribution in [2.24, 2.45) is 0 Å². The minimum atomic E-state index is -1.66. The van der Waals surface area contributed by atoms with E-state index in [1.54, 1.807) is 0 Å². The van der Waals surface area contributed by atoms with Crippen LogP contribution in [0.2, 0.25) is 0 Å². The number of aliphatic hydroxyl groups excluding tert-OH is 1. The lowest BCUT2D eigenvalue weighted by Gasteiger charge is -1.91. The third kappa shape index (κ3) is 3.66. The number of hydrogen-bond acceptors (Lipinski definition) is 2. The molecule has 3 nitrogen and oxygen atoms in total. The van der Waals surface area contributed by atoms with E-state index >= 15 is 0 Å². The quantitative estimate of drug-likeness (QED) is 0.534. The zero-order valence-corrected chi connectivity index (χ0v) is 4.84. The largest absolute Gasteiger partial charge is 0.476 e. The molecule has 0 aromatic carbocycles. The summed E-state index contributed by atoms with van der Waals surface area (Å²) < 4.78 is 11.9. The molecule has 0 rings (SSSR count). The first-order valence-corrected chi connectivity index (χ1v) is 2.32. The van der Waals surface area contributed by atoms with Crippen molar-refractivity contribution < 1.29 is 19.4 Å². The lowest BCUT2D eigenvalue weighted by atomic mass is 10.3. The highest BCUT2D eigenvalue weighted by molar-refractivity contribution is 5.83. The number of carboxylic acids is 1. The van der Waals surface area contributed by atoms with E-state index in [9.17, 15) is 9.18 Å². The van der Waals surface area contributed by atoms with Crippen LogP contribution in [0.1, 0.15) is 6.92 Å². The SMILES string of the molecule is CC(O)C=C(F)C(=O)O. The molecule has 0 aliphatic rings. The van der Waals surface area contributed by atoms with E-state index < -0.39 is 17.9 Å². The first kappa shape index (κ1) is 8.10. The minimum absolute atomic E-state index is 0.613. The number of halogens is 1. The first-order chi connectivity index (χ1) is 4.04. The molecule has 0 aromatic heterocycles. The van der Waals surface area contributed by atoms with Crippen LogP contribution in [0.25, 0.3) is 0 Å². The Morgan fingerprint density at radius 2 is 2.22 bits per heavy atom. The fourth-order valence-electron chi connectivity index (χ4n) is 0.283. The number of aliphatic hydroxyl groups is 1. The molecule has 0 amide bonds. The van der Waals surface area contributed by atoms with Crippen molar-refractivity contribution in [3.63, 3.8) is 0 Å².